The van der Waals surface area contributed by atoms with Gasteiger partial charge in [0.1, 0.15) is 0 Å². The molecular weight excluding hydrogens is 340 g/mol. The quantitative estimate of drug-likeness (QED) is 0.730. The van der Waals surface area contributed by atoms with Crippen LogP contribution in [0.4, 0.5) is 5.69 Å². The van der Waals surface area contributed by atoms with Gasteiger partial charge in [-0.3, -0.25) is 9.52 Å². The lowest BCUT2D eigenvalue weighted by Gasteiger charge is -2.13. The van der Waals surface area contributed by atoms with Crippen molar-refractivity contribution in [3.63, 3.8) is 0 Å². The number of nitrogens with one attached hydrogen (secondary N) is 1. The number of primary amides is 1. The lowest BCUT2D eigenvalue weighted by atomic mass is 10.1. The minimum absolute atomic E-state index is 0.0397. The summed E-state index contributed by atoms with van der Waals surface area (Å²) in [5, 5.41) is 4.12. The molecular formula is C17H16N4O3S. The molecule has 128 valence electrons. The molecule has 3 aromatic rings. The number of benzene rings is 2. The lowest BCUT2D eigenvalue weighted by Crippen LogP contribution is -2.17. The predicted octanol–water partition coefficient (Wildman–Crippen LogP) is 2.08. The number of hydrogen-bond donors (Lipinski definition) is 2. The van der Waals surface area contributed by atoms with Gasteiger partial charge in [0, 0.05) is 18.0 Å². The maximum absolute atomic E-state index is 12.7. The second-order valence-corrected chi connectivity index (χ2v) is 7.10. The molecule has 3 rings (SSSR count). The molecule has 8 heteroatoms. The van der Waals surface area contributed by atoms with Crippen molar-refractivity contribution in [3.8, 4) is 5.69 Å². The van der Waals surface area contributed by atoms with E-state index in [1.165, 1.54) is 12.1 Å². The van der Waals surface area contributed by atoms with Crippen molar-refractivity contribution in [2.75, 3.05) is 4.72 Å². The number of carbonyl (C=O) groups excluding carboxylic acids is 1. The number of sulfonamides is 1. The molecule has 0 aliphatic rings. The smallest absolute Gasteiger partial charge is 0.261 e. The number of aryl methyl sites for hydroxylation is 1. The molecule has 0 unspecified atom stereocenters. The van der Waals surface area contributed by atoms with E-state index in [9.17, 15) is 13.2 Å². The van der Waals surface area contributed by atoms with Crippen LogP contribution >= 0.6 is 0 Å². The zero-order chi connectivity index (χ0) is 18.0. The Morgan fingerprint density at radius 2 is 1.92 bits per heavy atom. The van der Waals surface area contributed by atoms with Gasteiger partial charge in [0.05, 0.1) is 16.3 Å². The summed E-state index contributed by atoms with van der Waals surface area (Å²) < 4.78 is 29.5. The van der Waals surface area contributed by atoms with Crippen LogP contribution in [-0.2, 0) is 10.0 Å². The summed E-state index contributed by atoms with van der Waals surface area (Å²) in [7, 11) is -3.90. The Labute approximate surface area is 145 Å². The zero-order valence-electron chi connectivity index (χ0n) is 13.4. The van der Waals surface area contributed by atoms with E-state index in [1.807, 2.05) is 0 Å². The fraction of sp³-hybridized carbons (Fsp3) is 0.0588. The molecule has 1 aromatic heterocycles. The molecule has 0 spiro atoms. The number of para-hydroxylation sites is 2. The highest BCUT2D eigenvalue weighted by Gasteiger charge is 2.19. The Kier molecular flexibility index (Phi) is 4.28. The molecule has 25 heavy (non-hydrogen) atoms. The summed E-state index contributed by atoms with van der Waals surface area (Å²) in [5.41, 5.74) is 7.04. The monoisotopic (exact) mass is 356 g/mol. The van der Waals surface area contributed by atoms with Crippen LogP contribution < -0.4 is 10.5 Å². The maximum atomic E-state index is 12.7. The van der Waals surface area contributed by atoms with Crippen LogP contribution in [0.2, 0.25) is 0 Å². The van der Waals surface area contributed by atoms with E-state index in [0.717, 1.165) is 0 Å². The van der Waals surface area contributed by atoms with E-state index >= 15 is 0 Å². The van der Waals surface area contributed by atoms with Crippen molar-refractivity contribution in [1.29, 1.82) is 0 Å². The molecule has 0 saturated carbocycles. The van der Waals surface area contributed by atoms with Gasteiger partial charge in [0.2, 0.25) is 5.91 Å². The highest BCUT2D eigenvalue weighted by atomic mass is 32.2. The summed E-state index contributed by atoms with van der Waals surface area (Å²) >= 11 is 0. The summed E-state index contributed by atoms with van der Waals surface area (Å²) in [6, 6.07) is 12.9. The van der Waals surface area contributed by atoms with Gasteiger partial charge < -0.3 is 5.73 Å². The fourth-order valence-electron chi connectivity index (χ4n) is 2.41. The topological polar surface area (TPSA) is 107 Å². The molecule has 7 nitrogen and oxygen atoms in total. The molecule has 1 amide bonds. The number of hydrogen-bond acceptors (Lipinski definition) is 4. The van der Waals surface area contributed by atoms with Gasteiger partial charge >= 0.3 is 0 Å². The molecule has 0 aliphatic heterocycles. The van der Waals surface area contributed by atoms with E-state index < -0.39 is 15.9 Å². The van der Waals surface area contributed by atoms with Crippen LogP contribution in [0, 0.1) is 6.92 Å². The number of nitrogens with two attached hydrogens (primary N) is 1. The Bertz CT molecular complexity index is 1030. The van der Waals surface area contributed by atoms with Crippen LogP contribution in [0.25, 0.3) is 5.69 Å². The first-order chi connectivity index (χ1) is 11.9. The molecule has 1 heterocycles. The van der Waals surface area contributed by atoms with Crippen LogP contribution in [-0.4, -0.2) is 24.1 Å². The number of rotatable bonds is 5. The zero-order valence-corrected chi connectivity index (χ0v) is 14.2. The van der Waals surface area contributed by atoms with Crippen molar-refractivity contribution in [1.82, 2.24) is 9.78 Å². The Balaban J connectivity index is 2.01. The number of carbonyl (C=O) groups is 1. The normalized spacial score (nSPS) is 11.2. The molecule has 0 atom stereocenters. The van der Waals surface area contributed by atoms with Crippen LogP contribution in [0.5, 0.6) is 0 Å². The highest BCUT2D eigenvalue weighted by molar-refractivity contribution is 7.92. The van der Waals surface area contributed by atoms with Crippen molar-refractivity contribution in [3.05, 3.63) is 72.1 Å². The van der Waals surface area contributed by atoms with Gasteiger partial charge in [-0.15, -0.1) is 0 Å². The molecule has 2 aromatic carbocycles. The second-order valence-electron chi connectivity index (χ2n) is 5.41. The third kappa shape index (κ3) is 3.38. The second kappa shape index (κ2) is 6.40. The summed E-state index contributed by atoms with van der Waals surface area (Å²) in [6.07, 6.45) is 3.31. The first kappa shape index (κ1) is 16.7. The molecule has 0 saturated heterocycles. The molecule has 0 fully saturated rings. The van der Waals surface area contributed by atoms with Gasteiger partial charge in [0.25, 0.3) is 10.0 Å². The van der Waals surface area contributed by atoms with Crippen molar-refractivity contribution in [2.45, 2.75) is 11.8 Å². The highest BCUT2D eigenvalue weighted by Crippen LogP contribution is 2.24. The van der Waals surface area contributed by atoms with E-state index in [4.69, 9.17) is 5.73 Å². The van der Waals surface area contributed by atoms with Gasteiger partial charge in [0.15, 0.2) is 0 Å². The van der Waals surface area contributed by atoms with E-state index in [1.54, 1.807) is 60.4 Å². The number of nitrogens with zero attached hydrogens (tertiary/aromatic N) is 2. The van der Waals surface area contributed by atoms with Crippen LogP contribution in [0.1, 0.15) is 15.9 Å². The third-order valence-corrected chi connectivity index (χ3v) is 5.05. The molecule has 0 aliphatic carbocycles. The number of aromatic nitrogens is 2. The predicted molar refractivity (Wildman–Crippen MR) is 94.1 cm³/mol. The van der Waals surface area contributed by atoms with Gasteiger partial charge in [-0.25, -0.2) is 13.1 Å². The van der Waals surface area contributed by atoms with Gasteiger partial charge in [-0.05, 0) is 42.8 Å². The van der Waals surface area contributed by atoms with E-state index in [2.05, 4.69) is 9.82 Å². The minimum Gasteiger partial charge on any atom is -0.366 e. The number of anilines is 1. The standard InChI is InChI=1S/C17H16N4O3S/c1-12-7-8-13(11-14(12)17(18)22)25(23,24)20-15-5-2-3-6-16(15)21-10-4-9-19-21/h2-11,20H,1H3,(H2,18,22). The maximum Gasteiger partial charge on any atom is 0.261 e. The Morgan fingerprint density at radius 1 is 1.16 bits per heavy atom. The van der Waals surface area contributed by atoms with Crippen molar-refractivity contribution < 1.29 is 13.2 Å². The summed E-state index contributed by atoms with van der Waals surface area (Å²) in [5.74, 6) is -0.675. The summed E-state index contributed by atoms with van der Waals surface area (Å²) in [6.45, 7) is 1.69. The first-order valence-corrected chi connectivity index (χ1v) is 8.89. The molecule has 0 radical (unpaired) electrons. The van der Waals surface area contributed by atoms with Gasteiger partial charge in [-0.1, -0.05) is 18.2 Å². The Morgan fingerprint density at radius 3 is 2.60 bits per heavy atom. The van der Waals surface area contributed by atoms with Crippen molar-refractivity contribution in [2.24, 2.45) is 5.73 Å². The van der Waals surface area contributed by atoms with Gasteiger partial charge in [-0.2, -0.15) is 5.10 Å². The third-order valence-electron chi connectivity index (χ3n) is 3.68. The molecule has 3 N–H and O–H groups in total. The van der Waals surface area contributed by atoms with Crippen LogP contribution in [0.3, 0.4) is 0 Å². The lowest BCUT2D eigenvalue weighted by molar-refractivity contribution is 0.0999. The summed E-state index contributed by atoms with van der Waals surface area (Å²) in [4.78, 5) is 11.4. The first-order valence-electron chi connectivity index (χ1n) is 7.41. The Hall–Kier alpha value is -3.13. The molecule has 0 bridgehead atoms. The average Bonchev–Trinajstić information content (AvgIpc) is 3.09. The largest absolute Gasteiger partial charge is 0.366 e. The average molecular weight is 356 g/mol. The van der Waals surface area contributed by atoms with Crippen LogP contribution in [0.15, 0.2) is 65.8 Å². The SMILES string of the molecule is Cc1ccc(S(=O)(=O)Nc2ccccc2-n2cccn2)cc1C(N)=O. The van der Waals surface area contributed by atoms with Crippen molar-refractivity contribution >= 4 is 21.6 Å². The minimum atomic E-state index is -3.90. The van der Waals surface area contributed by atoms with E-state index in [0.29, 0.717) is 16.9 Å². The fourth-order valence-corrected chi connectivity index (χ4v) is 3.51. The van der Waals surface area contributed by atoms with E-state index in [-0.39, 0.29) is 10.5 Å². The number of amides is 1.